The van der Waals surface area contributed by atoms with Gasteiger partial charge in [0.2, 0.25) is 0 Å². The number of carbonyl (C=O) groups is 1. The average Bonchev–Trinajstić information content (AvgIpc) is 3.48. The highest BCUT2D eigenvalue weighted by Crippen LogP contribution is 2.35. The summed E-state index contributed by atoms with van der Waals surface area (Å²) in [5, 5.41) is 9.70. The van der Waals surface area contributed by atoms with Gasteiger partial charge in [-0.05, 0) is 113 Å². The molecule has 3 heterocycles. The molecule has 2 aromatic carbocycles. The fraction of sp³-hybridized carbons (Fsp3) is 0.629. The van der Waals surface area contributed by atoms with Crippen LogP contribution in [0.4, 0.5) is 5.69 Å². The average molecular weight is 546 g/mol. The third-order valence-electron chi connectivity index (χ3n) is 10.1. The van der Waals surface area contributed by atoms with E-state index in [9.17, 15) is 9.90 Å². The molecule has 6 rings (SSSR count). The van der Waals surface area contributed by atoms with Gasteiger partial charge in [0.15, 0.2) is 0 Å². The number of hydrogen-bond acceptors (Lipinski definition) is 4. The van der Waals surface area contributed by atoms with E-state index in [1.54, 1.807) is 5.56 Å². The highest BCUT2D eigenvalue weighted by molar-refractivity contribution is 5.74. The lowest BCUT2D eigenvalue weighted by atomic mass is 9.83. The number of aryl methyl sites for hydroxylation is 1. The summed E-state index contributed by atoms with van der Waals surface area (Å²) < 4.78 is 0. The molecule has 1 saturated carbocycles. The van der Waals surface area contributed by atoms with Crippen molar-refractivity contribution in [1.82, 2.24) is 9.80 Å². The fourth-order valence-corrected chi connectivity index (χ4v) is 7.68. The number of carboxylic acid groups (broad SMARTS) is 1. The molecule has 0 radical (unpaired) electrons. The Bertz CT molecular complexity index is 1050. The molecule has 0 bridgehead atoms. The first-order valence-corrected chi connectivity index (χ1v) is 16.1. The van der Waals surface area contributed by atoms with Crippen LogP contribution in [-0.2, 0) is 11.2 Å². The number of para-hydroxylation sites is 1. The second-order valence-electron chi connectivity index (χ2n) is 12.8. The van der Waals surface area contributed by atoms with Crippen molar-refractivity contribution in [3.05, 3.63) is 65.7 Å². The zero-order valence-electron chi connectivity index (χ0n) is 24.7. The lowest BCUT2D eigenvalue weighted by Crippen LogP contribution is -2.45. The van der Waals surface area contributed by atoms with E-state index < -0.39 is 5.97 Å². The number of carboxylic acids is 1. The number of piperidine rings is 1. The van der Waals surface area contributed by atoms with Crippen molar-refractivity contribution in [2.24, 2.45) is 11.8 Å². The molecule has 2 unspecified atom stereocenters. The normalized spacial score (nSPS) is 23.7. The molecule has 0 spiro atoms. The maximum absolute atomic E-state index is 11.8. The van der Waals surface area contributed by atoms with Crippen LogP contribution in [0.25, 0.3) is 0 Å². The molecule has 3 aliphatic heterocycles. The SMILES string of the molecule is CN1CCC(CCN2CCCc3ccccc32)CC1.O=C(O)C(C1CCCCC1)N1CCC(c2ccccc2)C1. The first-order valence-electron chi connectivity index (χ1n) is 16.1. The summed E-state index contributed by atoms with van der Waals surface area (Å²) in [7, 11) is 2.25. The quantitative estimate of drug-likeness (QED) is 0.421. The number of benzene rings is 2. The lowest BCUT2D eigenvalue weighted by molar-refractivity contribution is -0.145. The molecule has 5 nitrogen and oxygen atoms in total. The van der Waals surface area contributed by atoms with Crippen molar-refractivity contribution in [3.8, 4) is 0 Å². The summed E-state index contributed by atoms with van der Waals surface area (Å²) in [6.45, 7) is 6.92. The molecule has 1 N–H and O–H groups in total. The smallest absolute Gasteiger partial charge is 0.321 e. The molecular formula is C35H51N3O2. The Morgan fingerprint density at radius 3 is 2.33 bits per heavy atom. The molecule has 40 heavy (non-hydrogen) atoms. The first kappa shape index (κ1) is 29.1. The van der Waals surface area contributed by atoms with Gasteiger partial charge in [-0.15, -0.1) is 0 Å². The first-order chi connectivity index (χ1) is 19.6. The Hall–Kier alpha value is -2.37. The third-order valence-corrected chi connectivity index (χ3v) is 10.1. The number of anilines is 1. The number of fused-ring (bicyclic) bond motifs is 1. The molecule has 218 valence electrons. The van der Waals surface area contributed by atoms with Gasteiger partial charge >= 0.3 is 5.97 Å². The fourth-order valence-electron chi connectivity index (χ4n) is 7.68. The zero-order valence-corrected chi connectivity index (χ0v) is 24.7. The van der Waals surface area contributed by atoms with Crippen LogP contribution >= 0.6 is 0 Å². The summed E-state index contributed by atoms with van der Waals surface area (Å²) in [5.41, 5.74) is 4.41. The van der Waals surface area contributed by atoms with Crippen molar-refractivity contribution in [2.75, 3.05) is 51.2 Å². The maximum Gasteiger partial charge on any atom is 0.321 e. The molecule has 4 aliphatic rings. The predicted octanol–water partition coefficient (Wildman–Crippen LogP) is 6.68. The monoisotopic (exact) mass is 545 g/mol. The number of aliphatic carboxylic acids is 1. The Morgan fingerprint density at radius 2 is 1.57 bits per heavy atom. The van der Waals surface area contributed by atoms with Gasteiger partial charge in [-0.1, -0.05) is 67.8 Å². The van der Waals surface area contributed by atoms with Crippen molar-refractivity contribution in [1.29, 1.82) is 0 Å². The van der Waals surface area contributed by atoms with Gasteiger partial charge in [-0.2, -0.15) is 0 Å². The second-order valence-corrected chi connectivity index (χ2v) is 12.8. The van der Waals surface area contributed by atoms with Gasteiger partial charge in [-0.25, -0.2) is 0 Å². The van der Waals surface area contributed by atoms with E-state index in [1.165, 1.54) is 88.8 Å². The zero-order chi connectivity index (χ0) is 27.7. The molecule has 0 aromatic heterocycles. The van der Waals surface area contributed by atoms with Crippen molar-refractivity contribution < 1.29 is 9.90 Å². The van der Waals surface area contributed by atoms with E-state index >= 15 is 0 Å². The molecule has 2 saturated heterocycles. The Balaban J connectivity index is 0.000000162. The van der Waals surface area contributed by atoms with E-state index in [-0.39, 0.29) is 6.04 Å². The van der Waals surface area contributed by atoms with Crippen LogP contribution in [0.2, 0.25) is 0 Å². The van der Waals surface area contributed by atoms with Gasteiger partial charge in [0.1, 0.15) is 6.04 Å². The molecule has 0 amide bonds. The second kappa shape index (κ2) is 14.5. The summed E-state index contributed by atoms with van der Waals surface area (Å²) >= 11 is 0. The third kappa shape index (κ3) is 7.67. The van der Waals surface area contributed by atoms with E-state index in [2.05, 4.69) is 70.3 Å². The van der Waals surface area contributed by atoms with E-state index in [4.69, 9.17) is 0 Å². The standard InChI is InChI=1S/C18H25NO2.C17H26N2/c20-18(21)17(15-9-5-2-6-10-15)19-12-11-16(13-19)14-7-3-1-4-8-14;1-18-12-8-15(9-13-18)10-14-19-11-4-6-16-5-2-3-7-17(16)19/h1,3-4,7-8,15-17H,2,5-6,9-13H2,(H,20,21);2-3,5,7,15H,4,6,8-14H2,1H3. The van der Waals surface area contributed by atoms with Crippen molar-refractivity contribution in [3.63, 3.8) is 0 Å². The van der Waals surface area contributed by atoms with Crippen molar-refractivity contribution >= 4 is 11.7 Å². The van der Waals surface area contributed by atoms with Crippen LogP contribution < -0.4 is 4.90 Å². The molecule has 2 aromatic rings. The summed E-state index contributed by atoms with van der Waals surface area (Å²) in [5.74, 6) is 1.18. The highest BCUT2D eigenvalue weighted by Gasteiger charge is 2.38. The summed E-state index contributed by atoms with van der Waals surface area (Å²) in [4.78, 5) is 19.1. The largest absolute Gasteiger partial charge is 0.480 e. The van der Waals surface area contributed by atoms with Crippen molar-refractivity contribution in [2.45, 2.75) is 82.6 Å². The topological polar surface area (TPSA) is 47.0 Å². The van der Waals surface area contributed by atoms with Gasteiger partial charge < -0.3 is 14.9 Å². The number of hydrogen-bond donors (Lipinski definition) is 1. The molecular weight excluding hydrogens is 494 g/mol. The van der Waals surface area contributed by atoms with E-state index in [1.807, 2.05) is 6.07 Å². The molecule has 2 atom stereocenters. The van der Waals surface area contributed by atoms with Crippen LogP contribution in [-0.4, -0.2) is 73.2 Å². The number of nitrogens with zero attached hydrogens (tertiary/aromatic N) is 3. The van der Waals surface area contributed by atoms with Gasteiger partial charge in [0, 0.05) is 25.3 Å². The number of rotatable bonds is 7. The van der Waals surface area contributed by atoms with Gasteiger partial charge in [-0.3, -0.25) is 9.69 Å². The maximum atomic E-state index is 11.8. The minimum atomic E-state index is -0.615. The van der Waals surface area contributed by atoms with E-state index in [0.717, 1.165) is 38.3 Å². The van der Waals surface area contributed by atoms with Crippen LogP contribution in [0, 0.1) is 11.8 Å². The summed E-state index contributed by atoms with van der Waals surface area (Å²) in [6, 6.07) is 19.3. The highest BCUT2D eigenvalue weighted by atomic mass is 16.4. The van der Waals surface area contributed by atoms with Crippen LogP contribution in [0.3, 0.4) is 0 Å². The lowest BCUT2D eigenvalue weighted by Gasteiger charge is -2.34. The predicted molar refractivity (Wildman–Crippen MR) is 165 cm³/mol. The van der Waals surface area contributed by atoms with Gasteiger partial charge in [0.25, 0.3) is 0 Å². The Morgan fingerprint density at radius 1 is 0.850 bits per heavy atom. The summed E-state index contributed by atoms with van der Waals surface area (Å²) in [6.07, 6.45) is 13.7. The van der Waals surface area contributed by atoms with Crippen LogP contribution in [0.1, 0.15) is 81.3 Å². The van der Waals surface area contributed by atoms with Crippen LogP contribution in [0.5, 0.6) is 0 Å². The minimum absolute atomic E-state index is 0.265. The Labute approximate surface area is 242 Å². The molecule has 1 aliphatic carbocycles. The number of likely N-dealkylation sites (tertiary alicyclic amines) is 2. The van der Waals surface area contributed by atoms with Crippen LogP contribution in [0.15, 0.2) is 54.6 Å². The minimum Gasteiger partial charge on any atom is -0.480 e. The van der Waals surface area contributed by atoms with Gasteiger partial charge in [0.05, 0.1) is 0 Å². The molecule has 5 heteroatoms. The Kier molecular flexibility index (Phi) is 10.6. The van der Waals surface area contributed by atoms with E-state index in [0.29, 0.717) is 11.8 Å². The molecule has 3 fully saturated rings.